The third-order valence-corrected chi connectivity index (χ3v) is 4.18. The highest BCUT2D eigenvalue weighted by molar-refractivity contribution is 8.00. The molecule has 1 N–H and O–H groups in total. The molecule has 3 heteroatoms. The number of nitrogens with one attached hydrogen (secondary N) is 1. The Morgan fingerprint density at radius 1 is 1.19 bits per heavy atom. The van der Waals surface area contributed by atoms with Crippen molar-refractivity contribution in [3.8, 4) is 0 Å². The predicted molar refractivity (Wildman–Crippen MR) is 75.3 cm³/mol. The topological polar surface area (TPSA) is 15.3 Å². The number of unbranched alkanes of at least 4 members (excludes halogenated alkanes) is 1. The number of nitrogens with zero attached hydrogens (tertiary/aromatic N) is 1. The Morgan fingerprint density at radius 2 is 1.81 bits per heavy atom. The molecule has 2 atom stereocenters. The number of hydrogen-bond donors (Lipinski definition) is 1. The van der Waals surface area contributed by atoms with Gasteiger partial charge in [-0.2, -0.15) is 11.8 Å². The molecule has 0 amide bonds. The van der Waals surface area contributed by atoms with Gasteiger partial charge in [0.1, 0.15) is 0 Å². The molecule has 1 aliphatic heterocycles. The number of thioether (sulfide) groups is 1. The molecule has 0 bridgehead atoms. The molecule has 2 unspecified atom stereocenters. The normalized spacial score (nSPS) is 27.6. The van der Waals surface area contributed by atoms with E-state index >= 15 is 0 Å². The van der Waals surface area contributed by atoms with Crippen LogP contribution in [0.15, 0.2) is 0 Å². The molecule has 0 spiro atoms. The van der Waals surface area contributed by atoms with Gasteiger partial charge in [0.15, 0.2) is 0 Å². The Bertz CT molecular complexity index is 175. The zero-order chi connectivity index (χ0) is 12.0. The molecule has 0 aromatic heterocycles. The molecule has 0 saturated carbocycles. The van der Waals surface area contributed by atoms with Gasteiger partial charge in [-0.3, -0.25) is 0 Å². The first-order valence-corrected chi connectivity index (χ1v) is 7.63. The zero-order valence-electron chi connectivity index (χ0n) is 11.3. The van der Waals surface area contributed by atoms with Crippen LogP contribution in [0.4, 0.5) is 0 Å². The van der Waals surface area contributed by atoms with Gasteiger partial charge in [0, 0.05) is 29.6 Å². The second kappa shape index (κ2) is 7.57. The fraction of sp³-hybridized carbons (Fsp3) is 1.00. The van der Waals surface area contributed by atoms with Gasteiger partial charge in [-0.05, 0) is 25.9 Å². The Hall–Kier alpha value is 0.270. The van der Waals surface area contributed by atoms with Crippen LogP contribution in [0.2, 0.25) is 0 Å². The van der Waals surface area contributed by atoms with Gasteiger partial charge in [0.25, 0.3) is 0 Å². The van der Waals surface area contributed by atoms with E-state index in [4.69, 9.17) is 0 Å². The number of hydrogen-bond acceptors (Lipinski definition) is 3. The van der Waals surface area contributed by atoms with E-state index in [1.165, 1.54) is 39.0 Å². The summed E-state index contributed by atoms with van der Waals surface area (Å²) in [6.45, 7) is 14.2. The van der Waals surface area contributed by atoms with E-state index in [-0.39, 0.29) is 0 Å². The van der Waals surface area contributed by atoms with Crippen molar-refractivity contribution >= 4 is 11.8 Å². The molecule has 0 aliphatic carbocycles. The van der Waals surface area contributed by atoms with Crippen LogP contribution in [0.1, 0.15) is 40.5 Å². The van der Waals surface area contributed by atoms with E-state index in [0.717, 1.165) is 10.5 Å². The Balaban J connectivity index is 2.04. The molecular weight excluding hydrogens is 216 g/mol. The van der Waals surface area contributed by atoms with Gasteiger partial charge < -0.3 is 10.2 Å². The van der Waals surface area contributed by atoms with Crippen molar-refractivity contribution in [1.82, 2.24) is 10.2 Å². The SMILES string of the molecule is CC(C)NCCCCN1CC(C)SC(C)C1. The summed E-state index contributed by atoms with van der Waals surface area (Å²) < 4.78 is 0. The van der Waals surface area contributed by atoms with Crippen molar-refractivity contribution in [2.24, 2.45) is 0 Å². The highest BCUT2D eigenvalue weighted by Gasteiger charge is 2.21. The minimum Gasteiger partial charge on any atom is -0.315 e. The van der Waals surface area contributed by atoms with E-state index < -0.39 is 0 Å². The summed E-state index contributed by atoms with van der Waals surface area (Å²) in [5.74, 6) is 0. The molecule has 1 saturated heterocycles. The summed E-state index contributed by atoms with van der Waals surface area (Å²) in [6, 6.07) is 0.631. The molecule has 1 heterocycles. The second-order valence-corrected chi connectivity index (χ2v) is 7.21. The van der Waals surface area contributed by atoms with E-state index in [0.29, 0.717) is 6.04 Å². The van der Waals surface area contributed by atoms with Crippen LogP contribution in [0.5, 0.6) is 0 Å². The Labute approximate surface area is 106 Å². The van der Waals surface area contributed by atoms with Crippen molar-refractivity contribution in [2.45, 2.75) is 57.1 Å². The first-order chi connectivity index (χ1) is 7.58. The van der Waals surface area contributed by atoms with Crippen LogP contribution >= 0.6 is 11.8 Å². The van der Waals surface area contributed by atoms with Crippen LogP contribution in [-0.2, 0) is 0 Å². The summed E-state index contributed by atoms with van der Waals surface area (Å²) in [5.41, 5.74) is 0. The average molecular weight is 244 g/mol. The standard InChI is InChI=1S/C13H28N2S/c1-11(2)14-7-5-6-8-15-9-12(3)16-13(4)10-15/h11-14H,5-10H2,1-4H3. The lowest BCUT2D eigenvalue weighted by Gasteiger charge is -2.34. The monoisotopic (exact) mass is 244 g/mol. The number of rotatable bonds is 6. The molecule has 0 radical (unpaired) electrons. The quantitative estimate of drug-likeness (QED) is 0.723. The maximum atomic E-state index is 3.48. The van der Waals surface area contributed by atoms with Gasteiger partial charge in [0.2, 0.25) is 0 Å². The third-order valence-electron chi connectivity index (χ3n) is 2.95. The lowest BCUT2D eigenvalue weighted by Crippen LogP contribution is -2.40. The summed E-state index contributed by atoms with van der Waals surface area (Å²) in [4.78, 5) is 2.64. The largest absolute Gasteiger partial charge is 0.315 e. The molecule has 0 aromatic rings. The fourth-order valence-corrected chi connectivity index (χ4v) is 3.71. The molecule has 0 aromatic carbocycles. The van der Waals surface area contributed by atoms with Crippen molar-refractivity contribution in [3.05, 3.63) is 0 Å². The lowest BCUT2D eigenvalue weighted by atomic mass is 10.2. The van der Waals surface area contributed by atoms with E-state index in [9.17, 15) is 0 Å². The van der Waals surface area contributed by atoms with Crippen LogP contribution in [0.3, 0.4) is 0 Å². The average Bonchev–Trinajstić information content (AvgIpc) is 2.15. The van der Waals surface area contributed by atoms with Crippen LogP contribution in [0.25, 0.3) is 0 Å². The van der Waals surface area contributed by atoms with Crippen LogP contribution < -0.4 is 5.32 Å². The molecule has 16 heavy (non-hydrogen) atoms. The minimum atomic E-state index is 0.631. The highest BCUT2D eigenvalue weighted by Crippen LogP contribution is 2.24. The molecule has 1 fully saturated rings. The van der Waals surface area contributed by atoms with Crippen molar-refractivity contribution in [3.63, 3.8) is 0 Å². The van der Waals surface area contributed by atoms with Gasteiger partial charge >= 0.3 is 0 Å². The van der Waals surface area contributed by atoms with E-state index in [2.05, 4.69) is 49.7 Å². The molecular formula is C13H28N2S. The first kappa shape index (κ1) is 14.3. The summed E-state index contributed by atoms with van der Waals surface area (Å²) >= 11 is 2.14. The van der Waals surface area contributed by atoms with Gasteiger partial charge in [-0.15, -0.1) is 0 Å². The van der Waals surface area contributed by atoms with Gasteiger partial charge in [-0.1, -0.05) is 27.7 Å². The van der Waals surface area contributed by atoms with Crippen molar-refractivity contribution < 1.29 is 0 Å². The molecule has 2 nitrogen and oxygen atoms in total. The smallest absolute Gasteiger partial charge is 0.0149 e. The van der Waals surface area contributed by atoms with Crippen LogP contribution in [0, 0.1) is 0 Å². The zero-order valence-corrected chi connectivity index (χ0v) is 12.1. The highest BCUT2D eigenvalue weighted by atomic mass is 32.2. The molecule has 1 rings (SSSR count). The maximum absolute atomic E-state index is 3.48. The fourth-order valence-electron chi connectivity index (χ4n) is 2.32. The van der Waals surface area contributed by atoms with Crippen molar-refractivity contribution in [1.29, 1.82) is 0 Å². The Morgan fingerprint density at radius 3 is 2.38 bits per heavy atom. The van der Waals surface area contributed by atoms with Crippen LogP contribution in [-0.4, -0.2) is 47.6 Å². The van der Waals surface area contributed by atoms with E-state index in [1.54, 1.807) is 0 Å². The van der Waals surface area contributed by atoms with Crippen molar-refractivity contribution in [2.75, 3.05) is 26.2 Å². The second-order valence-electron chi connectivity index (χ2n) is 5.33. The summed E-state index contributed by atoms with van der Waals surface area (Å²) in [7, 11) is 0. The van der Waals surface area contributed by atoms with E-state index in [1.807, 2.05) is 0 Å². The summed E-state index contributed by atoms with van der Waals surface area (Å²) in [5, 5.41) is 5.11. The first-order valence-electron chi connectivity index (χ1n) is 6.69. The molecule has 96 valence electrons. The van der Waals surface area contributed by atoms with Gasteiger partial charge in [-0.25, -0.2) is 0 Å². The predicted octanol–water partition coefficient (Wildman–Crippen LogP) is 2.59. The van der Waals surface area contributed by atoms with Gasteiger partial charge in [0.05, 0.1) is 0 Å². The minimum absolute atomic E-state index is 0.631. The molecule has 1 aliphatic rings. The third kappa shape index (κ3) is 6.12. The summed E-state index contributed by atoms with van der Waals surface area (Å²) in [6.07, 6.45) is 2.65. The Kier molecular flexibility index (Phi) is 6.78. The lowest BCUT2D eigenvalue weighted by molar-refractivity contribution is 0.265. The maximum Gasteiger partial charge on any atom is 0.0149 e.